The summed E-state index contributed by atoms with van der Waals surface area (Å²) in [7, 11) is 0. The molecule has 4 heteroatoms. The third-order valence-electron chi connectivity index (χ3n) is 3.08. The van der Waals surface area contributed by atoms with Crippen LogP contribution in [0.1, 0.15) is 25.7 Å². The molecule has 1 heterocycles. The lowest BCUT2D eigenvalue weighted by Crippen LogP contribution is -2.42. The zero-order valence-electron chi connectivity index (χ0n) is 9.27. The molecule has 1 aliphatic rings. The standard InChI is InChI=1S/C12H17FN2O/c13-11-6-2-7-14-12(11)15(8-3-9-16)10-4-1-5-10/h2,6-7,10,16H,1,3-5,8-9H2. The van der Waals surface area contributed by atoms with Crippen LogP contribution in [0.5, 0.6) is 0 Å². The van der Waals surface area contributed by atoms with E-state index in [-0.39, 0.29) is 12.4 Å². The van der Waals surface area contributed by atoms with Crippen molar-refractivity contribution in [3.8, 4) is 0 Å². The highest BCUT2D eigenvalue weighted by molar-refractivity contribution is 5.41. The van der Waals surface area contributed by atoms with Gasteiger partial charge in [0.05, 0.1) is 0 Å². The Bertz CT molecular complexity index is 342. The van der Waals surface area contributed by atoms with Gasteiger partial charge in [0.1, 0.15) is 0 Å². The molecule has 1 aromatic heterocycles. The maximum Gasteiger partial charge on any atom is 0.165 e. The van der Waals surface area contributed by atoms with Crippen LogP contribution in [0.2, 0.25) is 0 Å². The summed E-state index contributed by atoms with van der Waals surface area (Å²) in [6.07, 6.45) is 5.67. The number of rotatable bonds is 5. The first-order valence-corrected chi connectivity index (χ1v) is 5.81. The normalized spacial score (nSPS) is 15.9. The Labute approximate surface area is 94.9 Å². The molecule has 3 nitrogen and oxygen atoms in total. The van der Waals surface area contributed by atoms with Gasteiger partial charge in [0, 0.05) is 25.4 Å². The van der Waals surface area contributed by atoms with Gasteiger partial charge in [0.2, 0.25) is 0 Å². The Kier molecular flexibility index (Phi) is 3.72. The first kappa shape index (κ1) is 11.3. The second-order valence-electron chi connectivity index (χ2n) is 4.16. The molecular formula is C12H17FN2O. The van der Waals surface area contributed by atoms with Gasteiger partial charge in [0.25, 0.3) is 0 Å². The van der Waals surface area contributed by atoms with Crippen LogP contribution in [0.3, 0.4) is 0 Å². The Morgan fingerprint density at radius 2 is 2.31 bits per heavy atom. The molecule has 1 aliphatic carbocycles. The lowest BCUT2D eigenvalue weighted by atomic mass is 9.91. The molecule has 0 saturated heterocycles. The first-order chi connectivity index (χ1) is 7.83. The molecule has 1 saturated carbocycles. The van der Waals surface area contributed by atoms with E-state index in [1.807, 2.05) is 4.90 Å². The average Bonchev–Trinajstić information content (AvgIpc) is 2.22. The second-order valence-corrected chi connectivity index (χ2v) is 4.16. The van der Waals surface area contributed by atoms with E-state index in [0.717, 1.165) is 12.8 Å². The minimum absolute atomic E-state index is 0.137. The van der Waals surface area contributed by atoms with Crippen molar-refractivity contribution in [3.63, 3.8) is 0 Å². The molecule has 2 rings (SSSR count). The molecule has 0 bridgehead atoms. The summed E-state index contributed by atoms with van der Waals surface area (Å²) in [5.74, 6) is 0.160. The molecule has 1 fully saturated rings. The maximum absolute atomic E-state index is 13.6. The third-order valence-corrected chi connectivity index (χ3v) is 3.08. The van der Waals surface area contributed by atoms with Crippen LogP contribution >= 0.6 is 0 Å². The summed E-state index contributed by atoms with van der Waals surface area (Å²) in [6.45, 7) is 0.812. The summed E-state index contributed by atoms with van der Waals surface area (Å²) in [5.41, 5.74) is 0. The van der Waals surface area contributed by atoms with Gasteiger partial charge in [0.15, 0.2) is 11.6 Å². The molecule has 88 valence electrons. The number of aromatic nitrogens is 1. The van der Waals surface area contributed by atoms with Crippen molar-refractivity contribution in [2.24, 2.45) is 0 Å². The van der Waals surface area contributed by atoms with Crippen LogP contribution in [0.4, 0.5) is 10.2 Å². The number of aliphatic hydroxyl groups is 1. The SMILES string of the molecule is OCCCN(c1ncccc1F)C1CCC1. The van der Waals surface area contributed by atoms with Crippen LogP contribution < -0.4 is 4.90 Å². The minimum atomic E-state index is -0.271. The molecular weight excluding hydrogens is 207 g/mol. The van der Waals surface area contributed by atoms with Crippen molar-refractivity contribution in [3.05, 3.63) is 24.1 Å². The zero-order chi connectivity index (χ0) is 11.4. The van der Waals surface area contributed by atoms with E-state index in [9.17, 15) is 4.39 Å². The van der Waals surface area contributed by atoms with Crippen LogP contribution in [0.25, 0.3) is 0 Å². The van der Waals surface area contributed by atoms with Crippen molar-refractivity contribution in [2.75, 3.05) is 18.1 Å². The molecule has 1 aromatic rings. The summed E-state index contributed by atoms with van der Waals surface area (Å²) < 4.78 is 13.6. The van der Waals surface area contributed by atoms with E-state index in [0.29, 0.717) is 24.8 Å². The summed E-state index contributed by atoms with van der Waals surface area (Å²) in [4.78, 5) is 6.10. The lowest BCUT2D eigenvalue weighted by Gasteiger charge is -2.38. The fourth-order valence-electron chi connectivity index (χ4n) is 1.99. The van der Waals surface area contributed by atoms with Crippen LogP contribution in [-0.4, -0.2) is 29.3 Å². The molecule has 0 aliphatic heterocycles. The van der Waals surface area contributed by atoms with Gasteiger partial charge >= 0.3 is 0 Å². The van der Waals surface area contributed by atoms with Gasteiger partial charge in [-0.15, -0.1) is 0 Å². The Morgan fingerprint density at radius 1 is 1.50 bits per heavy atom. The van der Waals surface area contributed by atoms with E-state index in [4.69, 9.17) is 5.11 Å². The topological polar surface area (TPSA) is 36.4 Å². The average molecular weight is 224 g/mol. The lowest BCUT2D eigenvalue weighted by molar-refractivity contribution is 0.282. The van der Waals surface area contributed by atoms with Crippen molar-refractivity contribution in [1.82, 2.24) is 4.98 Å². The highest BCUT2D eigenvalue weighted by Gasteiger charge is 2.27. The number of hydrogen-bond donors (Lipinski definition) is 1. The van der Waals surface area contributed by atoms with Gasteiger partial charge in [-0.2, -0.15) is 0 Å². The van der Waals surface area contributed by atoms with Gasteiger partial charge in [-0.3, -0.25) is 0 Å². The number of anilines is 1. The van der Waals surface area contributed by atoms with E-state index >= 15 is 0 Å². The molecule has 0 atom stereocenters. The number of halogens is 1. The molecule has 0 unspecified atom stereocenters. The number of nitrogens with zero attached hydrogens (tertiary/aromatic N) is 2. The van der Waals surface area contributed by atoms with E-state index in [1.165, 1.54) is 12.5 Å². The van der Waals surface area contributed by atoms with E-state index in [2.05, 4.69) is 4.98 Å². The van der Waals surface area contributed by atoms with Crippen LogP contribution in [0.15, 0.2) is 18.3 Å². The second kappa shape index (κ2) is 5.25. The van der Waals surface area contributed by atoms with Gasteiger partial charge in [-0.25, -0.2) is 9.37 Å². The molecule has 0 radical (unpaired) electrons. The summed E-state index contributed by atoms with van der Waals surface area (Å²) in [6, 6.07) is 3.44. The third kappa shape index (κ3) is 2.32. The first-order valence-electron chi connectivity index (χ1n) is 5.81. The number of aliphatic hydroxyl groups excluding tert-OH is 1. The molecule has 1 N–H and O–H groups in total. The summed E-state index contributed by atoms with van der Waals surface area (Å²) in [5, 5.41) is 8.86. The predicted molar refractivity (Wildman–Crippen MR) is 60.9 cm³/mol. The van der Waals surface area contributed by atoms with Gasteiger partial charge in [-0.05, 0) is 37.8 Å². The van der Waals surface area contributed by atoms with Crippen LogP contribution in [-0.2, 0) is 0 Å². The fraction of sp³-hybridized carbons (Fsp3) is 0.583. The predicted octanol–water partition coefficient (Wildman–Crippen LogP) is 1.96. The highest BCUT2D eigenvalue weighted by Crippen LogP contribution is 2.29. The minimum Gasteiger partial charge on any atom is -0.396 e. The molecule has 0 amide bonds. The van der Waals surface area contributed by atoms with E-state index in [1.54, 1.807) is 12.3 Å². The van der Waals surface area contributed by atoms with Crippen molar-refractivity contribution >= 4 is 5.82 Å². The van der Waals surface area contributed by atoms with Crippen LogP contribution in [0, 0.1) is 5.82 Å². The van der Waals surface area contributed by atoms with E-state index < -0.39 is 0 Å². The Hall–Kier alpha value is -1.16. The maximum atomic E-state index is 13.6. The molecule has 0 aromatic carbocycles. The Morgan fingerprint density at radius 3 is 2.88 bits per heavy atom. The molecule has 16 heavy (non-hydrogen) atoms. The quantitative estimate of drug-likeness (QED) is 0.830. The zero-order valence-corrected chi connectivity index (χ0v) is 9.27. The van der Waals surface area contributed by atoms with Crippen molar-refractivity contribution in [2.45, 2.75) is 31.7 Å². The largest absolute Gasteiger partial charge is 0.396 e. The van der Waals surface area contributed by atoms with Crippen molar-refractivity contribution in [1.29, 1.82) is 0 Å². The smallest absolute Gasteiger partial charge is 0.165 e. The summed E-state index contributed by atoms with van der Waals surface area (Å²) >= 11 is 0. The number of hydrogen-bond acceptors (Lipinski definition) is 3. The molecule has 0 spiro atoms. The fourth-order valence-corrected chi connectivity index (χ4v) is 1.99. The number of pyridine rings is 1. The monoisotopic (exact) mass is 224 g/mol. The van der Waals surface area contributed by atoms with Gasteiger partial charge in [-0.1, -0.05) is 0 Å². The van der Waals surface area contributed by atoms with Gasteiger partial charge < -0.3 is 10.0 Å². The van der Waals surface area contributed by atoms with Crippen molar-refractivity contribution < 1.29 is 9.50 Å². The highest BCUT2D eigenvalue weighted by atomic mass is 19.1. The Balaban J connectivity index is 2.13.